The standard InChI is InChI=1S/C17H19N5O3S/c1-12-17(13(2)25-20-12)26(23,24)21-15-9-10-16(19-18-15)22(3)11-14-7-5-4-6-8-14/h4-10H,11H2,1-3H3,(H,18,21). The van der Waals surface area contributed by atoms with E-state index in [1.165, 1.54) is 0 Å². The summed E-state index contributed by atoms with van der Waals surface area (Å²) in [5.74, 6) is 0.984. The van der Waals surface area contributed by atoms with Gasteiger partial charge in [-0.05, 0) is 31.5 Å². The number of benzene rings is 1. The normalized spacial score (nSPS) is 11.3. The van der Waals surface area contributed by atoms with Crippen molar-refractivity contribution in [1.82, 2.24) is 15.4 Å². The van der Waals surface area contributed by atoms with E-state index >= 15 is 0 Å². The van der Waals surface area contributed by atoms with Crippen LogP contribution in [0.2, 0.25) is 0 Å². The Balaban J connectivity index is 1.73. The minimum atomic E-state index is -3.84. The van der Waals surface area contributed by atoms with Gasteiger partial charge in [0.1, 0.15) is 5.69 Å². The Hall–Kier alpha value is -2.94. The van der Waals surface area contributed by atoms with Gasteiger partial charge in [0, 0.05) is 13.6 Å². The van der Waals surface area contributed by atoms with Gasteiger partial charge in [-0.2, -0.15) is 0 Å². The van der Waals surface area contributed by atoms with E-state index in [-0.39, 0.29) is 16.5 Å². The molecule has 2 heterocycles. The van der Waals surface area contributed by atoms with Crippen LogP contribution < -0.4 is 9.62 Å². The van der Waals surface area contributed by atoms with Gasteiger partial charge in [-0.3, -0.25) is 4.72 Å². The van der Waals surface area contributed by atoms with Crippen molar-refractivity contribution >= 4 is 21.7 Å². The molecule has 0 saturated carbocycles. The fourth-order valence-electron chi connectivity index (χ4n) is 2.57. The molecule has 1 N–H and O–H groups in total. The molecule has 26 heavy (non-hydrogen) atoms. The molecule has 0 aliphatic carbocycles. The summed E-state index contributed by atoms with van der Waals surface area (Å²) >= 11 is 0. The topological polar surface area (TPSA) is 101 Å². The monoisotopic (exact) mass is 373 g/mol. The molecule has 0 spiro atoms. The maximum Gasteiger partial charge on any atom is 0.268 e. The minimum Gasteiger partial charge on any atom is -0.360 e. The highest BCUT2D eigenvalue weighted by atomic mass is 32.2. The SMILES string of the molecule is Cc1noc(C)c1S(=O)(=O)Nc1ccc(N(C)Cc2ccccc2)nn1. The first kappa shape index (κ1) is 17.9. The second kappa shape index (κ2) is 7.12. The van der Waals surface area contributed by atoms with Crippen LogP contribution >= 0.6 is 0 Å². The predicted octanol–water partition coefficient (Wildman–Crippen LogP) is 2.52. The van der Waals surface area contributed by atoms with Gasteiger partial charge in [0.25, 0.3) is 10.0 Å². The van der Waals surface area contributed by atoms with Gasteiger partial charge < -0.3 is 9.42 Å². The second-order valence-corrected chi connectivity index (χ2v) is 7.50. The van der Waals surface area contributed by atoms with Crippen LogP contribution in [0.1, 0.15) is 17.0 Å². The fourth-order valence-corrected chi connectivity index (χ4v) is 3.90. The second-order valence-electron chi connectivity index (χ2n) is 5.88. The fraction of sp³-hybridized carbons (Fsp3) is 0.235. The van der Waals surface area contributed by atoms with Crippen molar-refractivity contribution in [1.29, 1.82) is 0 Å². The summed E-state index contributed by atoms with van der Waals surface area (Å²) in [5.41, 5.74) is 1.43. The van der Waals surface area contributed by atoms with Gasteiger partial charge in [0.15, 0.2) is 22.3 Å². The van der Waals surface area contributed by atoms with E-state index in [2.05, 4.69) is 20.1 Å². The van der Waals surface area contributed by atoms with Crippen molar-refractivity contribution in [2.75, 3.05) is 16.7 Å². The van der Waals surface area contributed by atoms with Gasteiger partial charge in [-0.25, -0.2) is 8.42 Å². The average Bonchev–Trinajstić information content (AvgIpc) is 2.95. The molecule has 3 rings (SSSR count). The van der Waals surface area contributed by atoms with Crippen molar-refractivity contribution in [3.8, 4) is 0 Å². The zero-order chi connectivity index (χ0) is 18.7. The van der Waals surface area contributed by atoms with Gasteiger partial charge in [-0.15, -0.1) is 10.2 Å². The summed E-state index contributed by atoms with van der Waals surface area (Å²) in [5, 5.41) is 11.7. The van der Waals surface area contributed by atoms with E-state index in [9.17, 15) is 8.42 Å². The molecule has 3 aromatic rings. The Bertz CT molecular complexity index is 965. The highest BCUT2D eigenvalue weighted by Gasteiger charge is 2.24. The molecule has 0 bridgehead atoms. The lowest BCUT2D eigenvalue weighted by Crippen LogP contribution is -2.19. The van der Waals surface area contributed by atoms with E-state index in [4.69, 9.17) is 4.52 Å². The largest absolute Gasteiger partial charge is 0.360 e. The molecule has 0 radical (unpaired) electrons. The summed E-state index contributed by atoms with van der Waals surface area (Å²) < 4.78 is 32.3. The summed E-state index contributed by atoms with van der Waals surface area (Å²) in [6.45, 7) is 3.78. The van der Waals surface area contributed by atoms with Crippen LogP contribution in [0.15, 0.2) is 51.9 Å². The van der Waals surface area contributed by atoms with E-state index in [1.807, 2.05) is 42.3 Å². The van der Waals surface area contributed by atoms with Crippen molar-refractivity contribution in [3.05, 3.63) is 59.5 Å². The van der Waals surface area contributed by atoms with E-state index in [0.29, 0.717) is 18.1 Å². The molecule has 8 nitrogen and oxygen atoms in total. The summed E-state index contributed by atoms with van der Waals surface area (Å²) in [6, 6.07) is 13.2. The Morgan fingerprint density at radius 2 is 1.81 bits per heavy atom. The first-order chi connectivity index (χ1) is 12.4. The first-order valence-electron chi connectivity index (χ1n) is 7.91. The molecule has 0 atom stereocenters. The number of nitrogens with zero attached hydrogens (tertiary/aromatic N) is 4. The summed E-state index contributed by atoms with van der Waals surface area (Å²) in [4.78, 5) is 1.94. The van der Waals surface area contributed by atoms with Crippen LogP contribution in [0.4, 0.5) is 11.6 Å². The van der Waals surface area contributed by atoms with Gasteiger partial charge in [-0.1, -0.05) is 35.5 Å². The van der Waals surface area contributed by atoms with E-state index in [1.54, 1.807) is 26.0 Å². The minimum absolute atomic E-state index is 0.0181. The number of hydrogen-bond donors (Lipinski definition) is 1. The Labute approximate surface area is 151 Å². The number of anilines is 2. The molecule has 0 unspecified atom stereocenters. The molecule has 1 aromatic carbocycles. The van der Waals surface area contributed by atoms with Gasteiger partial charge in [0.05, 0.1) is 0 Å². The lowest BCUT2D eigenvalue weighted by atomic mass is 10.2. The van der Waals surface area contributed by atoms with Crippen molar-refractivity contribution in [2.45, 2.75) is 25.3 Å². The number of nitrogens with one attached hydrogen (secondary N) is 1. The van der Waals surface area contributed by atoms with Gasteiger partial charge in [0.2, 0.25) is 0 Å². The molecule has 2 aromatic heterocycles. The third-order valence-corrected chi connectivity index (χ3v) is 5.38. The zero-order valence-electron chi connectivity index (χ0n) is 14.7. The van der Waals surface area contributed by atoms with Crippen LogP contribution in [0.25, 0.3) is 0 Å². The number of sulfonamides is 1. The number of hydrogen-bond acceptors (Lipinski definition) is 7. The highest BCUT2D eigenvalue weighted by Crippen LogP contribution is 2.22. The maximum atomic E-state index is 12.5. The van der Waals surface area contributed by atoms with Crippen LogP contribution in [-0.4, -0.2) is 30.8 Å². The molecule has 0 aliphatic rings. The molecular formula is C17H19N5O3S. The van der Waals surface area contributed by atoms with Crippen LogP contribution in [-0.2, 0) is 16.6 Å². The first-order valence-corrected chi connectivity index (χ1v) is 9.39. The molecule has 0 aliphatic heterocycles. The molecule has 0 saturated heterocycles. The highest BCUT2D eigenvalue weighted by molar-refractivity contribution is 7.92. The van der Waals surface area contributed by atoms with Crippen LogP contribution in [0.5, 0.6) is 0 Å². The molecule has 0 amide bonds. The lowest BCUT2D eigenvalue weighted by Gasteiger charge is -2.17. The predicted molar refractivity (Wildman–Crippen MR) is 97.4 cm³/mol. The smallest absolute Gasteiger partial charge is 0.268 e. The molecule has 9 heteroatoms. The third kappa shape index (κ3) is 3.83. The third-order valence-electron chi connectivity index (χ3n) is 3.78. The van der Waals surface area contributed by atoms with E-state index < -0.39 is 10.0 Å². The Morgan fingerprint density at radius 3 is 2.38 bits per heavy atom. The number of aryl methyl sites for hydroxylation is 2. The Morgan fingerprint density at radius 1 is 1.08 bits per heavy atom. The van der Waals surface area contributed by atoms with Crippen molar-refractivity contribution in [3.63, 3.8) is 0 Å². The summed E-state index contributed by atoms with van der Waals surface area (Å²) in [7, 11) is -1.94. The molecular weight excluding hydrogens is 354 g/mol. The summed E-state index contributed by atoms with van der Waals surface area (Å²) in [6.07, 6.45) is 0. The molecule has 136 valence electrons. The lowest BCUT2D eigenvalue weighted by molar-refractivity contribution is 0.390. The number of rotatable bonds is 6. The van der Waals surface area contributed by atoms with E-state index in [0.717, 1.165) is 5.56 Å². The van der Waals surface area contributed by atoms with Crippen molar-refractivity contribution in [2.24, 2.45) is 0 Å². The van der Waals surface area contributed by atoms with Crippen LogP contribution in [0, 0.1) is 13.8 Å². The number of aromatic nitrogens is 3. The van der Waals surface area contributed by atoms with Crippen molar-refractivity contribution < 1.29 is 12.9 Å². The average molecular weight is 373 g/mol. The van der Waals surface area contributed by atoms with Gasteiger partial charge >= 0.3 is 0 Å². The quantitative estimate of drug-likeness (QED) is 0.708. The Kier molecular flexibility index (Phi) is 4.90. The zero-order valence-corrected chi connectivity index (χ0v) is 15.5. The molecule has 0 fully saturated rings. The van der Waals surface area contributed by atoms with Crippen LogP contribution in [0.3, 0.4) is 0 Å². The maximum absolute atomic E-state index is 12.5.